The normalized spacial score (nSPS) is 17.4. The zero-order chi connectivity index (χ0) is 10.8. The van der Waals surface area contributed by atoms with E-state index in [1.54, 1.807) is 12.1 Å². The fourth-order valence-electron chi connectivity index (χ4n) is 1.78. The maximum absolute atomic E-state index is 10.9. The van der Waals surface area contributed by atoms with E-state index in [-0.39, 0.29) is 6.10 Å². The molecule has 1 fully saturated rings. The van der Waals surface area contributed by atoms with Crippen molar-refractivity contribution in [2.45, 2.75) is 12.6 Å². The van der Waals surface area contributed by atoms with E-state index in [0.717, 1.165) is 5.56 Å². The number of aromatic carboxylic acids is 1. The molecule has 1 heterocycles. The van der Waals surface area contributed by atoms with Crippen LogP contribution in [0, 0.1) is 0 Å². The van der Waals surface area contributed by atoms with E-state index >= 15 is 0 Å². The van der Waals surface area contributed by atoms with Gasteiger partial charge in [0.05, 0.1) is 11.7 Å². The van der Waals surface area contributed by atoms with Gasteiger partial charge in [-0.05, 0) is 11.6 Å². The summed E-state index contributed by atoms with van der Waals surface area (Å²) in [6.45, 7) is 1.86. The molecule has 2 rings (SSSR count). The Bertz CT molecular complexity index is 372. The summed E-state index contributed by atoms with van der Waals surface area (Å²) in [5.41, 5.74) is 1.15. The first-order valence-corrected chi connectivity index (χ1v) is 4.88. The molecule has 0 aliphatic carbocycles. The summed E-state index contributed by atoms with van der Waals surface area (Å²) in [4.78, 5) is 12.9. The van der Waals surface area contributed by atoms with Crippen molar-refractivity contribution in [1.82, 2.24) is 4.90 Å². The highest BCUT2D eigenvalue weighted by atomic mass is 16.4. The van der Waals surface area contributed by atoms with Crippen LogP contribution in [-0.2, 0) is 6.54 Å². The molecule has 2 N–H and O–H groups in total. The van der Waals surface area contributed by atoms with Crippen molar-refractivity contribution in [1.29, 1.82) is 0 Å². The Morgan fingerprint density at radius 1 is 1.40 bits per heavy atom. The molecule has 1 aromatic rings. The van der Waals surface area contributed by atoms with Gasteiger partial charge < -0.3 is 10.2 Å². The number of carboxylic acid groups (broad SMARTS) is 1. The van der Waals surface area contributed by atoms with Gasteiger partial charge in [0.25, 0.3) is 0 Å². The van der Waals surface area contributed by atoms with Crippen LogP contribution in [0.5, 0.6) is 0 Å². The first-order chi connectivity index (χ1) is 7.16. The average Bonchev–Trinajstić information content (AvgIpc) is 2.16. The number of hydrogen-bond acceptors (Lipinski definition) is 3. The van der Waals surface area contributed by atoms with Crippen LogP contribution in [0.3, 0.4) is 0 Å². The van der Waals surface area contributed by atoms with Gasteiger partial charge in [0.2, 0.25) is 0 Å². The van der Waals surface area contributed by atoms with Crippen molar-refractivity contribution in [2.24, 2.45) is 0 Å². The molecule has 1 saturated heterocycles. The Balaban J connectivity index is 2.10. The van der Waals surface area contributed by atoms with Gasteiger partial charge in [0, 0.05) is 19.6 Å². The van der Waals surface area contributed by atoms with Crippen molar-refractivity contribution in [3.63, 3.8) is 0 Å². The van der Waals surface area contributed by atoms with Crippen molar-refractivity contribution >= 4 is 5.97 Å². The van der Waals surface area contributed by atoms with E-state index in [4.69, 9.17) is 10.2 Å². The molecule has 80 valence electrons. The highest BCUT2D eigenvalue weighted by Crippen LogP contribution is 2.16. The quantitative estimate of drug-likeness (QED) is 0.760. The van der Waals surface area contributed by atoms with Crippen LogP contribution in [-0.4, -0.2) is 40.3 Å². The zero-order valence-corrected chi connectivity index (χ0v) is 8.26. The predicted molar refractivity (Wildman–Crippen MR) is 54.7 cm³/mol. The van der Waals surface area contributed by atoms with Crippen LogP contribution >= 0.6 is 0 Å². The highest BCUT2D eigenvalue weighted by Gasteiger charge is 2.25. The van der Waals surface area contributed by atoms with Gasteiger partial charge >= 0.3 is 5.97 Å². The lowest BCUT2D eigenvalue weighted by Gasteiger charge is -2.36. The second-order valence-corrected chi connectivity index (χ2v) is 3.81. The van der Waals surface area contributed by atoms with E-state index in [9.17, 15) is 4.79 Å². The molecule has 0 unspecified atom stereocenters. The molecule has 0 saturated carbocycles. The first-order valence-electron chi connectivity index (χ1n) is 4.88. The van der Waals surface area contributed by atoms with E-state index in [1.165, 1.54) is 0 Å². The SMILES string of the molecule is O=C(O)c1ccccc1CN1CC(O)C1. The van der Waals surface area contributed by atoms with Gasteiger partial charge in [-0.25, -0.2) is 4.79 Å². The van der Waals surface area contributed by atoms with Crippen molar-refractivity contribution in [3.8, 4) is 0 Å². The van der Waals surface area contributed by atoms with Crippen LogP contribution in [0.2, 0.25) is 0 Å². The summed E-state index contributed by atoms with van der Waals surface area (Å²) in [6.07, 6.45) is -0.248. The number of β-amino-alcohol motifs (C(OH)–C–C–N with tert-alkyl or cyclic N) is 1. The van der Waals surface area contributed by atoms with Gasteiger partial charge in [-0.1, -0.05) is 18.2 Å². The second kappa shape index (κ2) is 4.00. The standard InChI is InChI=1S/C11H13NO3/c13-9-6-12(7-9)5-8-3-1-2-4-10(8)11(14)15/h1-4,9,13H,5-7H2,(H,14,15). The number of aliphatic hydroxyl groups is 1. The van der Waals surface area contributed by atoms with Gasteiger partial charge in [-0.2, -0.15) is 0 Å². The minimum atomic E-state index is -0.897. The number of likely N-dealkylation sites (tertiary alicyclic amines) is 1. The highest BCUT2D eigenvalue weighted by molar-refractivity contribution is 5.89. The Kier molecular flexibility index (Phi) is 2.70. The Morgan fingerprint density at radius 2 is 2.07 bits per heavy atom. The van der Waals surface area contributed by atoms with Gasteiger partial charge in [0.1, 0.15) is 0 Å². The van der Waals surface area contributed by atoms with Crippen LogP contribution in [0.1, 0.15) is 15.9 Å². The molecule has 0 spiro atoms. The molecule has 0 amide bonds. The van der Waals surface area contributed by atoms with Crippen molar-refractivity contribution in [3.05, 3.63) is 35.4 Å². The van der Waals surface area contributed by atoms with Crippen LogP contribution in [0.15, 0.2) is 24.3 Å². The fourth-order valence-corrected chi connectivity index (χ4v) is 1.78. The fraction of sp³-hybridized carbons (Fsp3) is 0.364. The van der Waals surface area contributed by atoms with E-state index in [2.05, 4.69) is 0 Å². The number of benzene rings is 1. The Morgan fingerprint density at radius 3 is 2.67 bits per heavy atom. The molecule has 0 aromatic heterocycles. The summed E-state index contributed by atoms with van der Waals surface area (Å²) in [5.74, 6) is -0.897. The van der Waals surface area contributed by atoms with Crippen LogP contribution in [0.4, 0.5) is 0 Å². The molecule has 1 aliphatic heterocycles. The topological polar surface area (TPSA) is 60.8 Å². The lowest BCUT2D eigenvalue weighted by Crippen LogP contribution is -2.49. The van der Waals surface area contributed by atoms with Crippen molar-refractivity contribution in [2.75, 3.05) is 13.1 Å². The number of hydrogen-bond donors (Lipinski definition) is 2. The number of carbonyl (C=O) groups is 1. The smallest absolute Gasteiger partial charge is 0.336 e. The van der Waals surface area contributed by atoms with Gasteiger partial charge in [0.15, 0.2) is 0 Å². The third-order valence-electron chi connectivity index (χ3n) is 2.58. The Hall–Kier alpha value is -1.39. The molecule has 1 aliphatic rings. The maximum Gasteiger partial charge on any atom is 0.336 e. The minimum absolute atomic E-state index is 0.248. The Labute approximate surface area is 87.8 Å². The molecule has 0 radical (unpaired) electrons. The van der Waals surface area contributed by atoms with Gasteiger partial charge in [-0.15, -0.1) is 0 Å². The summed E-state index contributed by atoms with van der Waals surface area (Å²) in [5, 5.41) is 18.1. The molecule has 0 bridgehead atoms. The molecule has 15 heavy (non-hydrogen) atoms. The molecular weight excluding hydrogens is 194 g/mol. The van der Waals surface area contributed by atoms with Gasteiger partial charge in [-0.3, -0.25) is 4.90 Å². The number of nitrogens with zero attached hydrogens (tertiary/aromatic N) is 1. The third-order valence-corrected chi connectivity index (χ3v) is 2.58. The third kappa shape index (κ3) is 2.16. The minimum Gasteiger partial charge on any atom is -0.478 e. The lowest BCUT2D eigenvalue weighted by molar-refractivity contribution is -0.00302. The molecular formula is C11H13NO3. The van der Waals surface area contributed by atoms with E-state index < -0.39 is 5.97 Å². The molecule has 1 aromatic carbocycles. The van der Waals surface area contributed by atoms with E-state index in [1.807, 2.05) is 17.0 Å². The van der Waals surface area contributed by atoms with Crippen molar-refractivity contribution < 1.29 is 15.0 Å². The first kappa shape index (κ1) is 10.1. The summed E-state index contributed by atoms with van der Waals surface area (Å²) < 4.78 is 0. The zero-order valence-electron chi connectivity index (χ0n) is 8.26. The lowest BCUT2D eigenvalue weighted by atomic mass is 10.0. The summed E-state index contributed by atoms with van der Waals surface area (Å²) in [7, 11) is 0. The maximum atomic E-state index is 10.9. The average molecular weight is 207 g/mol. The molecule has 0 atom stereocenters. The monoisotopic (exact) mass is 207 g/mol. The summed E-state index contributed by atoms with van der Waals surface area (Å²) in [6, 6.07) is 6.97. The second-order valence-electron chi connectivity index (χ2n) is 3.81. The molecule has 4 nitrogen and oxygen atoms in total. The largest absolute Gasteiger partial charge is 0.478 e. The predicted octanol–water partition coefficient (Wildman–Crippen LogP) is 0.561. The van der Waals surface area contributed by atoms with E-state index in [0.29, 0.717) is 25.2 Å². The van der Waals surface area contributed by atoms with Crippen LogP contribution in [0.25, 0.3) is 0 Å². The molecule has 4 heteroatoms. The summed E-state index contributed by atoms with van der Waals surface area (Å²) >= 11 is 0. The number of aliphatic hydroxyl groups excluding tert-OH is 1. The van der Waals surface area contributed by atoms with Crippen LogP contribution < -0.4 is 0 Å². The number of rotatable bonds is 3. The number of carboxylic acids is 1.